The summed E-state index contributed by atoms with van der Waals surface area (Å²) in [5, 5.41) is 10.9. The highest BCUT2D eigenvalue weighted by atomic mass is 16.6. The van der Waals surface area contributed by atoms with Crippen molar-refractivity contribution in [2.75, 3.05) is 20.3 Å². The van der Waals surface area contributed by atoms with Gasteiger partial charge in [0.05, 0.1) is 18.6 Å². The number of hydrogen-bond donors (Lipinski definition) is 0. The molecule has 0 spiro atoms. The third-order valence-corrected chi connectivity index (χ3v) is 2.40. The summed E-state index contributed by atoms with van der Waals surface area (Å²) in [4.78, 5) is 32.8. The lowest BCUT2D eigenvalue weighted by atomic mass is 10.2. The maximum Gasteiger partial charge on any atom is 0.313 e. The molecule has 1 rings (SSSR count). The highest BCUT2D eigenvalue weighted by Gasteiger charge is 2.18. The summed E-state index contributed by atoms with van der Waals surface area (Å²) in [5.74, 6) is -0.943. The Bertz CT molecular complexity index is 541. The largest absolute Gasteiger partial charge is 0.497 e. The van der Waals surface area contributed by atoms with Crippen molar-refractivity contribution in [2.24, 2.45) is 0 Å². The monoisotopic (exact) mass is 297 g/mol. The minimum atomic E-state index is -0.661. The predicted molar refractivity (Wildman–Crippen MR) is 71.4 cm³/mol. The maximum atomic E-state index is 11.5. The third kappa shape index (κ3) is 5.09. The van der Waals surface area contributed by atoms with E-state index < -0.39 is 29.7 Å². The van der Waals surface area contributed by atoms with Crippen molar-refractivity contribution in [1.82, 2.24) is 0 Å². The second-order valence-corrected chi connectivity index (χ2v) is 3.90. The molecule has 8 nitrogen and oxygen atoms in total. The van der Waals surface area contributed by atoms with Crippen LogP contribution in [0.5, 0.6) is 11.5 Å². The molecule has 21 heavy (non-hydrogen) atoms. The van der Waals surface area contributed by atoms with Gasteiger partial charge in [-0.2, -0.15) is 0 Å². The van der Waals surface area contributed by atoms with Gasteiger partial charge >= 0.3 is 11.7 Å². The van der Waals surface area contributed by atoms with Gasteiger partial charge in [-0.25, -0.2) is 0 Å². The van der Waals surface area contributed by atoms with Crippen LogP contribution in [-0.2, 0) is 14.3 Å². The van der Waals surface area contributed by atoms with Crippen molar-refractivity contribution in [3.63, 3.8) is 0 Å². The highest BCUT2D eigenvalue weighted by molar-refractivity contribution is 5.96. The van der Waals surface area contributed by atoms with Gasteiger partial charge in [0.15, 0.2) is 5.78 Å². The Morgan fingerprint density at radius 3 is 2.62 bits per heavy atom. The van der Waals surface area contributed by atoms with E-state index in [4.69, 9.17) is 9.47 Å². The fourth-order valence-electron chi connectivity index (χ4n) is 1.47. The van der Waals surface area contributed by atoms with Crippen LogP contribution in [0.2, 0.25) is 0 Å². The highest BCUT2D eigenvalue weighted by Crippen LogP contribution is 2.30. The van der Waals surface area contributed by atoms with Crippen molar-refractivity contribution >= 4 is 17.4 Å². The SMILES string of the molecule is CCOC(=O)CC(=O)COc1cc(OC)ccc1[N+](=O)[O-]. The summed E-state index contributed by atoms with van der Waals surface area (Å²) < 4.78 is 14.7. The van der Waals surface area contributed by atoms with E-state index in [9.17, 15) is 19.7 Å². The number of Topliss-reactive ketones (excluding diaryl/α,β-unsaturated/α-hetero) is 1. The molecule has 8 heteroatoms. The first-order chi connectivity index (χ1) is 9.97. The van der Waals surface area contributed by atoms with E-state index >= 15 is 0 Å². The van der Waals surface area contributed by atoms with Crippen LogP contribution >= 0.6 is 0 Å². The van der Waals surface area contributed by atoms with Crippen LogP contribution in [0.15, 0.2) is 18.2 Å². The fourth-order valence-corrected chi connectivity index (χ4v) is 1.47. The van der Waals surface area contributed by atoms with Crippen molar-refractivity contribution in [3.8, 4) is 11.5 Å². The molecular weight excluding hydrogens is 282 g/mol. The van der Waals surface area contributed by atoms with Gasteiger partial charge in [-0.15, -0.1) is 0 Å². The normalized spacial score (nSPS) is 9.81. The van der Waals surface area contributed by atoms with Crippen LogP contribution in [0.3, 0.4) is 0 Å². The number of rotatable bonds is 8. The summed E-state index contributed by atoms with van der Waals surface area (Å²) >= 11 is 0. The first-order valence-electron chi connectivity index (χ1n) is 6.10. The Morgan fingerprint density at radius 1 is 1.33 bits per heavy atom. The first kappa shape index (κ1) is 16.4. The number of benzene rings is 1. The van der Waals surface area contributed by atoms with Gasteiger partial charge in [0.2, 0.25) is 5.75 Å². The predicted octanol–water partition coefficient (Wildman–Crippen LogP) is 1.50. The molecule has 0 aliphatic rings. The molecule has 114 valence electrons. The average molecular weight is 297 g/mol. The standard InChI is InChI=1S/C13H15NO7/c1-3-20-13(16)6-9(15)8-21-12-7-10(19-2)4-5-11(12)14(17)18/h4-5,7H,3,6,8H2,1-2H3. The smallest absolute Gasteiger partial charge is 0.313 e. The van der Waals surface area contributed by atoms with Crippen LogP contribution in [-0.4, -0.2) is 37.0 Å². The molecule has 0 heterocycles. The molecule has 0 amide bonds. The Morgan fingerprint density at radius 2 is 2.05 bits per heavy atom. The molecule has 0 atom stereocenters. The Balaban J connectivity index is 2.71. The maximum absolute atomic E-state index is 11.5. The number of methoxy groups -OCH3 is 1. The fraction of sp³-hybridized carbons (Fsp3) is 0.385. The molecule has 0 N–H and O–H groups in total. The summed E-state index contributed by atoms with van der Waals surface area (Å²) in [7, 11) is 1.40. The average Bonchev–Trinajstić information content (AvgIpc) is 2.44. The Kier molecular flexibility index (Phi) is 6.12. The van der Waals surface area contributed by atoms with Gasteiger partial charge in [0, 0.05) is 12.1 Å². The van der Waals surface area contributed by atoms with E-state index in [1.54, 1.807) is 6.92 Å². The number of esters is 1. The van der Waals surface area contributed by atoms with E-state index in [2.05, 4.69) is 4.74 Å². The van der Waals surface area contributed by atoms with Gasteiger partial charge in [0.25, 0.3) is 0 Å². The van der Waals surface area contributed by atoms with Crippen molar-refractivity contribution in [1.29, 1.82) is 0 Å². The number of hydrogen-bond acceptors (Lipinski definition) is 7. The summed E-state index contributed by atoms with van der Waals surface area (Å²) in [6.07, 6.45) is -0.439. The van der Waals surface area contributed by atoms with E-state index in [0.717, 1.165) is 0 Å². The second-order valence-electron chi connectivity index (χ2n) is 3.90. The van der Waals surface area contributed by atoms with Crippen LogP contribution in [0.4, 0.5) is 5.69 Å². The Hall–Kier alpha value is -2.64. The van der Waals surface area contributed by atoms with Gasteiger partial charge in [-0.05, 0) is 13.0 Å². The van der Waals surface area contributed by atoms with Gasteiger partial charge in [0.1, 0.15) is 18.8 Å². The topological polar surface area (TPSA) is 105 Å². The number of ether oxygens (including phenoxy) is 3. The Labute approximate surface area is 120 Å². The zero-order valence-corrected chi connectivity index (χ0v) is 11.7. The molecule has 0 aliphatic carbocycles. The molecule has 0 saturated carbocycles. The van der Waals surface area contributed by atoms with E-state index in [0.29, 0.717) is 5.75 Å². The van der Waals surface area contributed by atoms with Crippen LogP contribution in [0, 0.1) is 10.1 Å². The minimum absolute atomic E-state index is 0.100. The van der Waals surface area contributed by atoms with E-state index in [1.165, 1.54) is 25.3 Å². The van der Waals surface area contributed by atoms with Gasteiger partial charge < -0.3 is 14.2 Å². The molecule has 0 aromatic heterocycles. The number of carbonyl (C=O) groups excluding carboxylic acids is 2. The number of ketones is 1. The van der Waals surface area contributed by atoms with E-state index in [1.807, 2.05) is 0 Å². The molecule has 0 fully saturated rings. The summed E-state index contributed by atoms with van der Waals surface area (Å²) in [6.45, 7) is 1.33. The molecule has 0 unspecified atom stereocenters. The molecule has 0 aliphatic heterocycles. The number of carbonyl (C=O) groups is 2. The van der Waals surface area contributed by atoms with Gasteiger partial charge in [-0.1, -0.05) is 0 Å². The molecule has 0 bridgehead atoms. The van der Waals surface area contributed by atoms with Crippen molar-refractivity contribution in [2.45, 2.75) is 13.3 Å². The van der Waals surface area contributed by atoms with Crippen LogP contribution in [0.1, 0.15) is 13.3 Å². The lowest BCUT2D eigenvalue weighted by molar-refractivity contribution is -0.385. The molecule has 0 radical (unpaired) electrons. The molecule has 1 aromatic carbocycles. The van der Waals surface area contributed by atoms with Crippen LogP contribution < -0.4 is 9.47 Å². The first-order valence-corrected chi connectivity index (χ1v) is 6.10. The van der Waals surface area contributed by atoms with Gasteiger partial charge in [-0.3, -0.25) is 19.7 Å². The van der Waals surface area contributed by atoms with E-state index in [-0.39, 0.29) is 18.0 Å². The summed E-state index contributed by atoms with van der Waals surface area (Å²) in [5.41, 5.74) is -0.292. The summed E-state index contributed by atoms with van der Waals surface area (Å²) in [6, 6.07) is 3.92. The van der Waals surface area contributed by atoms with Crippen molar-refractivity contribution < 1.29 is 28.7 Å². The number of nitro groups is 1. The zero-order chi connectivity index (χ0) is 15.8. The molecular formula is C13H15NO7. The second kappa shape index (κ2) is 7.83. The zero-order valence-electron chi connectivity index (χ0n) is 11.7. The number of nitrogens with zero attached hydrogens (tertiary/aromatic N) is 1. The lowest BCUT2D eigenvalue weighted by Gasteiger charge is -2.07. The molecule has 0 saturated heterocycles. The number of nitro benzene ring substituents is 1. The third-order valence-electron chi connectivity index (χ3n) is 2.40. The lowest BCUT2D eigenvalue weighted by Crippen LogP contribution is -2.17. The molecule has 1 aromatic rings. The van der Waals surface area contributed by atoms with Crippen LogP contribution in [0.25, 0.3) is 0 Å². The minimum Gasteiger partial charge on any atom is -0.497 e. The van der Waals surface area contributed by atoms with Crippen molar-refractivity contribution in [3.05, 3.63) is 28.3 Å². The quantitative estimate of drug-likeness (QED) is 0.310.